The van der Waals surface area contributed by atoms with Crippen LogP contribution in [-0.4, -0.2) is 12.0 Å². The smallest absolute Gasteiger partial charge is 0.277 e. The lowest BCUT2D eigenvalue weighted by atomic mass is 9.90. The number of aryl methyl sites for hydroxylation is 1. The first-order valence-electron chi connectivity index (χ1n) is 10.3. The maximum Gasteiger partial charge on any atom is 0.277 e. The third-order valence-corrected chi connectivity index (χ3v) is 5.37. The van der Waals surface area contributed by atoms with Crippen LogP contribution in [-0.2, 0) is 6.61 Å². The Morgan fingerprint density at radius 3 is 2.25 bits per heavy atom. The molecule has 0 fully saturated rings. The first-order valence-corrected chi connectivity index (χ1v) is 10.3. The summed E-state index contributed by atoms with van der Waals surface area (Å²) in [6.07, 6.45) is 0. The molecule has 5 nitrogen and oxygen atoms in total. The van der Waals surface area contributed by atoms with Crippen molar-refractivity contribution in [2.24, 2.45) is 0 Å². The van der Waals surface area contributed by atoms with E-state index in [4.69, 9.17) is 9.47 Å². The predicted octanol–water partition coefficient (Wildman–Crippen LogP) is 6.82. The van der Waals surface area contributed by atoms with Crippen LogP contribution in [0.3, 0.4) is 0 Å². The molecule has 32 heavy (non-hydrogen) atoms. The van der Waals surface area contributed by atoms with Crippen LogP contribution in [0.25, 0.3) is 22.3 Å². The highest BCUT2D eigenvalue weighted by Crippen LogP contribution is 2.44. The van der Waals surface area contributed by atoms with Gasteiger partial charge >= 0.3 is 0 Å². The highest BCUT2D eigenvalue weighted by atomic mass is 16.6. The Labute approximate surface area is 187 Å². The molecule has 0 aliphatic heterocycles. The zero-order chi connectivity index (χ0) is 22.5. The van der Waals surface area contributed by atoms with Gasteiger partial charge in [0.2, 0.25) is 0 Å². The second kappa shape index (κ2) is 9.35. The van der Waals surface area contributed by atoms with E-state index in [1.54, 1.807) is 25.3 Å². The van der Waals surface area contributed by atoms with E-state index in [0.29, 0.717) is 29.2 Å². The van der Waals surface area contributed by atoms with Gasteiger partial charge in [0.15, 0.2) is 0 Å². The van der Waals surface area contributed by atoms with Gasteiger partial charge in [0.25, 0.3) is 5.69 Å². The summed E-state index contributed by atoms with van der Waals surface area (Å²) in [4.78, 5) is 11.7. The van der Waals surface area contributed by atoms with Crippen molar-refractivity contribution in [1.82, 2.24) is 0 Å². The van der Waals surface area contributed by atoms with Crippen molar-refractivity contribution < 1.29 is 14.4 Å². The van der Waals surface area contributed by atoms with Gasteiger partial charge in [-0.25, -0.2) is 0 Å². The number of ether oxygens (including phenoxy) is 2. The minimum absolute atomic E-state index is 0.0282. The number of nitro benzene ring substituents is 1. The Kier molecular flexibility index (Phi) is 6.17. The summed E-state index contributed by atoms with van der Waals surface area (Å²) in [5.74, 6) is 1.14. The van der Waals surface area contributed by atoms with Gasteiger partial charge in [-0.1, -0.05) is 66.7 Å². The van der Waals surface area contributed by atoms with Gasteiger partial charge in [-0.15, -0.1) is 0 Å². The molecular formula is C27H23NO4. The summed E-state index contributed by atoms with van der Waals surface area (Å²) >= 11 is 0. The molecule has 4 aromatic rings. The van der Waals surface area contributed by atoms with E-state index >= 15 is 0 Å². The molecule has 0 atom stereocenters. The summed E-state index contributed by atoms with van der Waals surface area (Å²) in [6.45, 7) is 2.33. The van der Waals surface area contributed by atoms with Crippen molar-refractivity contribution >= 4 is 5.69 Å². The second-order valence-electron chi connectivity index (χ2n) is 7.41. The van der Waals surface area contributed by atoms with Crippen molar-refractivity contribution in [2.45, 2.75) is 13.5 Å². The minimum Gasteiger partial charge on any atom is -0.497 e. The lowest BCUT2D eigenvalue weighted by molar-refractivity contribution is -0.384. The number of nitro groups is 1. The number of hydrogen-bond acceptors (Lipinski definition) is 4. The molecular weight excluding hydrogens is 402 g/mol. The fraction of sp³-hybridized carbons (Fsp3) is 0.111. The number of nitrogens with zero attached hydrogens (tertiary/aromatic N) is 1. The zero-order valence-electron chi connectivity index (χ0n) is 17.9. The third-order valence-electron chi connectivity index (χ3n) is 5.37. The molecule has 0 N–H and O–H groups in total. The highest BCUT2D eigenvalue weighted by molar-refractivity contribution is 5.92. The van der Waals surface area contributed by atoms with E-state index in [0.717, 1.165) is 22.3 Å². The molecule has 0 saturated carbocycles. The second-order valence-corrected chi connectivity index (χ2v) is 7.41. The largest absolute Gasteiger partial charge is 0.497 e. The molecule has 0 spiro atoms. The molecule has 4 rings (SSSR count). The van der Waals surface area contributed by atoms with Crippen LogP contribution < -0.4 is 9.47 Å². The zero-order valence-corrected chi connectivity index (χ0v) is 17.9. The van der Waals surface area contributed by atoms with E-state index < -0.39 is 0 Å². The third kappa shape index (κ3) is 4.32. The minimum atomic E-state index is -0.345. The van der Waals surface area contributed by atoms with Gasteiger partial charge in [0, 0.05) is 17.7 Å². The molecule has 0 aromatic heterocycles. The Balaban J connectivity index is 1.91. The number of methoxy groups -OCH3 is 1. The molecule has 0 radical (unpaired) electrons. The van der Waals surface area contributed by atoms with Crippen molar-refractivity contribution in [3.63, 3.8) is 0 Å². The fourth-order valence-electron chi connectivity index (χ4n) is 3.77. The highest BCUT2D eigenvalue weighted by Gasteiger charge is 2.24. The van der Waals surface area contributed by atoms with Crippen LogP contribution >= 0.6 is 0 Å². The van der Waals surface area contributed by atoms with Crippen LogP contribution in [0.15, 0.2) is 91.0 Å². The average Bonchev–Trinajstić information content (AvgIpc) is 2.83. The summed E-state index contributed by atoms with van der Waals surface area (Å²) < 4.78 is 11.6. The summed E-state index contributed by atoms with van der Waals surface area (Å²) in [6, 6.07) is 28.2. The van der Waals surface area contributed by atoms with Crippen LogP contribution in [0, 0.1) is 17.0 Å². The molecule has 0 bridgehead atoms. The van der Waals surface area contributed by atoms with Gasteiger partial charge in [0.05, 0.1) is 17.6 Å². The molecule has 0 aliphatic rings. The predicted molar refractivity (Wildman–Crippen MR) is 126 cm³/mol. The molecule has 4 aromatic carbocycles. The molecule has 0 amide bonds. The molecule has 0 heterocycles. The standard InChI is InChI=1S/C27H23NO4/c1-19-9-6-7-12-22(19)23-13-8-14-25(28(29)30)27(23)24-16-15-21(31-2)17-26(24)32-18-20-10-4-3-5-11-20/h3-17H,18H2,1-2H3. The van der Waals surface area contributed by atoms with E-state index in [1.165, 1.54) is 6.07 Å². The number of rotatable bonds is 7. The Bertz CT molecular complexity index is 1250. The Hall–Kier alpha value is -4.12. The van der Waals surface area contributed by atoms with Crippen LogP contribution in [0.1, 0.15) is 11.1 Å². The van der Waals surface area contributed by atoms with Crippen molar-refractivity contribution in [2.75, 3.05) is 7.11 Å². The number of benzene rings is 4. The maximum absolute atomic E-state index is 12.0. The SMILES string of the molecule is COc1ccc(-c2c(-c3ccccc3C)cccc2[N+](=O)[O-])c(OCc2ccccc2)c1. The number of hydrogen-bond donors (Lipinski definition) is 0. The van der Waals surface area contributed by atoms with Crippen molar-refractivity contribution in [1.29, 1.82) is 0 Å². The Morgan fingerprint density at radius 1 is 0.812 bits per heavy atom. The van der Waals surface area contributed by atoms with Crippen molar-refractivity contribution in [3.8, 4) is 33.8 Å². The first-order chi connectivity index (χ1) is 15.6. The lowest BCUT2D eigenvalue weighted by Gasteiger charge is -2.17. The van der Waals surface area contributed by atoms with Gasteiger partial charge in [-0.3, -0.25) is 10.1 Å². The van der Waals surface area contributed by atoms with Crippen molar-refractivity contribution in [3.05, 3.63) is 112 Å². The monoisotopic (exact) mass is 425 g/mol. The summed E-state index contributed by atoms with van der Waals surface area (Å²) in [5, 5.41) is 12.0. The van der Waals surface area contributed by atoms with Crippen LogP contribution in [0.5, 0.6) is 11.5 Å². The molecule has 5 heteroatoms. The average molecular weight is 425 g/mol. The quantitative estimate of drug-likeness (QED) is 0.241. The maximum atomic E-state index is 12.0. The van der Waals surface area contributed by atoms with Crippen LogP contribution in [0.2, 0.25) is 0 Å². The summed E-state index contributed by atoms with van der Waals surface area (Å²) in [7, 11) is 1.58. The Morgan fingerprint density at radius 2 is 1.53 bits per heavy atom. The van der Waals surface area contributed by atoms with E-state index in [1.807, 2.05) is 73.7 Å². The van der Waals surface area contributed by atoms with Gasteiger partial charge in [-0.05, 0) is 41.3 Å². The normalized spacial score (nSPS) is 10.6. The molecule has 160 valence electrons. The van der Waals surface area contributed by atoms with E-state index in [-0.39, 0.29) is 10.6 Å². The molecule has 0 unspecified atom stereocenters. The molecule has 0 saturated heterocycles. The fourth-order valence-corrected chi connectivity index (χ4v) is 3.77. The van der Waals surface area contributed by atoms with E-state index in [2.05, 4.69) is 0 Å². The van der Waals surface area contributed by atoms with Gasteiger partial charge in [0.1, 0.15) is 18.1 Å². The van der Waals surface area contributed by atoms with Gasteiger partial charge < -0.3 is 9.47 Å². The first kappa shape index (κ1) is 21.1. The van der Waals surface area contributed by atoms with Gasteiger partial charge in [-0.2, -0.15) is 0 Å². The topological polar surface area (TPSA) is 61.6 Å². The van der Waals surface area contributed by atoms with Crippen LogP contribution in [0.4, 0.5) is 5.69 Å². The lowest BCUT2D eigenvalue weighted by Crippen LogP contribution is -2.00. The van der Waals surface area contributed by atoms with E-state index in [9.17, 15) is 10.1 Å². The molecule has 0 aliphatic carbocycles. The summed E-state index contributed by atoms with van der Waals surface area (Å²) in [5.41, 5.74) is 4.96.